The van der Waals surface area contributed by atoms with Gasteiger partial charge in [0.2, 0.25) is 5.91 Å². The monoisotopic (exact) mass is 567 g/mol. The summed E-state index contributed by atoms with van der Waals surface area (Å²) in [7, 11) is 1.60. The molecule has 0 aliphatic rings. The molecule has 1 aromatic rings. The highest BCUT2D eigenvalue weighted by Gasteiger charge is 2.21. The van der Waals surface area contributed by atoms with Gasteiger partial charge >= 0.3 is 0 Å². The summed E-state index contributed by atoms with van der Waals surface area (Å²) in [5, 5.41) is 6.94. The lowest BCUT2D eigenvalue weighted by Gasteiger charge is -2.32. The van der Waals surface area contributed by atoms with Gasteiger partial charge in [0.15, 0.2) is 0 Å². The third-order valence-corrected chi connectivity index (χ3v) is 6.28. The number of allylic oxidation sites excluding steroid dienone is 3. The molecule has 0 N–H and O–H groups in total. The quantitative estimate of drug-likeness (QED) is 0.131. The topological polar surface area (TPSA) is 60.7 Å². The number of hydrogen-bond donors (Lipinski definition) is 0. The van der Waals surface area contributed by atoms with Gasteiger partial charge in [-0.25, -0.2) is 0 Å². The summed E-state index contributed by atoms with van der Waals surface area (Å²) in [5.41, 5.74) is 3.01. The van der Waals surface area contributed by atoms with Crippen LogP contribution in [0.2, 0.25) is 5.02 Å². The summed E-state index contributed by atoms with van der Waals surface area (Å²) in [6.07, 6.45) is 3.53. The summed E-state index contributed by atoms with van der Waals surface area (Å²) < 4.78 is 5.36. The standard InChI is InChI=1S/C27H41Cl2N5O2.C2H6/c1-9-21(7)30-24(10-2)25(18-28)31-33(12-4)19-27(35)34(20(5)6)16-15-32(11-3)22-13-14-23(29)26(17-22)36-8;1-2/h9-10,13-14,17,20H,2,11-12,15-16,18-19H2,1,3-8H3;1-2H3/b21-9-,30-24+,31-25+;. The van der Waals surface area contributed by atoms with Crippen molar-refractivity contribution in [1.82, 2.24) is 9.91 Å². The van der Waals surface area contributed by atoms with E-state index in [0.29, 0.717) is 41.8 Å². The van der Waals surface area contributed by atoms with Crippen molar-refractivity contribution in [2.75, 3.05) is 50.6 Å². The smallest absolute Gasteiger partial charge is 0.244 e. The van der Waals surface area contributed by atoms with Gasteiger partial charge in [-0.1, -0.05) is 38.1 Å². The SMILES string of the molecule is C=CC(=N\C(C)=C/C)/C(CCl)=N/N(CC)CC(=O)N(CCN(CC)c1ccc(Cl)c(OC)c1)C(C)C.CC. The van der Waals surface area contributed by atoms with Gasteiger partial charge in [-0.2, -0.15) is 5.10 Å². The lowest BCUT2D eigenvalue weighted by molar-refractivity contribution is -0.133. The summed E-state index contributed by atoms with van der Waals surface area (Å²) in [4.78, 5) is 21.9. The Bertz CT molecular complexity index is 960. The lowest BCUT2D eigenvalue weighted by Crippen LogP contribution is -2.46. The summed E-state index contributed by atoms with van der Waals surface area (Å²) in [5.74, 6) is 0.787. The number of hydrogen-bond acceptors (Lipinski definition) is 6. The van der Waals surface area contributed by atoms with Crippen LogP contribution in [-0.2, 0) is 4.79 Å². The van der Waals surface area contributed by atoms with Gasteiger partial charge in [0, 0.05) is 49.7 Å². The Labute approximate surface area is 240 Å². The van der Waals surface area contributed by atoms with Gasteiger partial charge in [-0.05, 0) is 59.8 Å². The van der Waals surface area contributed by atoms with Crippen LogP contribution < -0.4 is 9.64 Å². The predicted octanol–water partition coefficient (Wildman–Crippen LogP) is 6.91. The number of anilines is 1. The first-order chi connectivity index (χ1) is 18.1. The molecule has 0 heterocycles. The number of halogens is 2. The molecule has 0 saturated heterocycles. The Hall–Kier alpha value is -2.51. The second-order valence-electron chi connectivity index (χ2n) is 8.37. The minimum Gasteiger partial charge on any atom is -0.495 e. The molecule has 38 heavy (non-hydrogen) atoms. The molecule has 1 aromatic carbocycles. The molecule has 0 fully saturated rings. The van der Waals surface area contributed by atoms with E-state index in [0.717, 1.165) is 17.9 Å². The van der Waals surface area contributed by atoms with Crippen LogP contribution in [-0.4, -0.2) is 79.0 Å². The van der Waals surface area contributed by atoms with Crippen LogP contribution in [0, 0.1) is 0 Å². The summed E-state index contributed by atoms with van der Waals surface area (Å²) in [6.45, 7) is 22.4. The number of benzene rings is 1. The second-order valence-corrected chi connectivity index (χ2v) is 9.05. The third-order valence-electron chi connectivity index (χ3n) is 5.71. The fourth-order valence-corrected chi connectivity index (χ4v) is 3.86. The molecule has 9 heteroatoms. The highest BCUT2D eigenvalue weighted by Crippen LogP contribution is 2.29. The maximum absolute atomic E-state index is 13.3. The Morgan fingerprint density at radius 2 is 1.84 bits per heavy atom. The van der Waals surface area contributed by atoms with Crippen LogP contribution >= 0.6 is 23.2 Å². The van der Waals surface area contributed by atoms with Crippen molar-refractivity contribution in [2.45, 2.75) is 61.4 Å². The summed E-state index contributed by atoms with van der Waals surface area (Å²) >= 11 is 12.4. The van der Waals surface area contributed by atoms with Crippen LogP contribution in [0.4, 0.5) is 5.69 Å². The molecule has 1 amide bonds. The van der Waals surface area contributed by atoms with Gasteiger partial charge in [0.25, 0.3) is 0 Å². The minimum atomic E-state index is -0.00371. The van der Waals surface area contributed by atoms with Crippen LogP contribution in [0.1, 0.15) is 55.4 Å². The molecule has 0 saturated carbocycles. The molecule has 0 aliphatic carbocycles. The van der Waals surface area contributed by atoms with Gasteiger partial charge in [-0.3, -0.25) is 14.8 Å². The predicted molar refractivity (Wildman–Crippen MR) is 167 cm³/mol. The van der Waals surface area contributed by atoms with Gasteiger partial charge < -0.3 is 14.5 Å². The van der Waals surface area contributed by atoms with E-state index in [1.54, 1.807) is 18.2 Å². The van der Waals surface area contributed by atoms with Crippen molar-refractivity contribution in [1.29, 1.82) is 0 Å². The van der Waals surface area contributed by atoms with Gasteiger partial charge in [0.05, 0.1) is 23.7 Å². The number of aliphatic imine (C=N–C) groups is 1. The summed E-state index contributed by atoms with van der Waals surface area (Å²) in [6, 6.07) is 5.75. The molecular formula is C29H47Cl2N5O2. The number of likely N-dealkylation sites (N-methyl/N-ethyl adjacent to an activating group) is 2. The Kier molecular flexibility index (Phi) is 18.3. The zero-order chi connectivity index (χ0) is 29.3. The Balaban J connectivity index is 0.00000667. The van der Waals surface area contributed by atoms with Crippen molar-refractivity contribution in [2.24, 2.45) is 10.1 Å². The van der Waals surface area contributed by atoms with Crippen LogP contribution in [0.25, 0.3) is 0 Å². The molecular weight excluding hydrogens is 521 g/mol. The van der Waals surface area contributed by atoms with Crippen molar-refractivity contribution in [3.05, 3.63) is 47.6 Å². The van der Waals surface area contributed by atoms with Crippen LogP contribution in [0.15, 0.2) is 52.7 Å². The lowest BCUT2D eigenvalue weighted by atomic mass is 10.2. The maximum Gasteiger partial charge on any atom is 0.244 e. The van der Waals surface area contributed by atoms with E-state index in [2.05, 4.69) is 28.5 Å². The average Bonchev–Trinajstić information content (AvgIpc) is 2.93. The van der Waals surface area contributed by atoms with Crippen molar-refractivity contribution >= 4 is 46.2 Å². The molecule has 0 atom stereocenters. The number of hydrazone groups is 1. The van der Waals surface area contributed by atoms with E-state index in [4.69, 9.17) is 27.9 Å². The fourth-order valence-electron chi connectivity index (χ4n) is 3.48. The number of rotatable bonds is 15. The zero-order valence-electron chi connectivity index (χ0n) is 24.7. The number of alkyl halides is 1. The van der Waals surface area contributed by atoms with Gasteiger partial charge in [0.1, 0.15) is 18.0 Å². The number of carbonyl (C=O) groups is 1. The van der Waals surface area contributed by atoms with Gasteiger partial charge in [-0.15, -0.1) is 11.6 Å². The van der Waals surface area contributed by atoms with E-state index in [9.17, 15) is 4.79 Å². The van der Waals surface area contributed by atoms with Crippen molar-refractivity contribution < 1.29 is 9.53 Å². The zero-order valence-corrected chi connectivity index (χ0v) is 26.2. The number of amides is 1. The molecule has 0 spiro atoms. The Morgan fingerprint density at radius 1 is 1.18 bits per heavy atom. The average molecular weight is 569 g/mol. The molecule has 0 aliphatic heterocycles. The Morgan fingerprint density at radius 3 is 2.32 bits per heavy atom. The number of carbonyl (C=O) groups excluding carboxylic acids is 1. The molecule has 214 valence electrons. The molecule has 0 aromatic heterocycles. The van der Waals surface area contributed by atoms with E-state index in [1.807, 2.05) is 77.6 Å². The van der Waals surface area contributed by atoms with Crippen LogP contribution in [0.3, 0.4) is 0 Å². The maximum atomic E-state index is 13.3. The van der Waals surface area contributed by atoms with E-state index < -0.39 is 0 Å². The molecule has 0 bridgehead atoms. The number of methoxy groups -OCH3 is 1. The molecule has 1 rings (SSSR count). The highest BCUT2D eigenvalue weighted by molar-refractivity contribution is 6.54. The van der Waals surface area contributed by atoms with E-state index in [-0.39, 0.29) is 24.4 Å². The first-order valence-electron chi connectivity index (χ1n) is 13.3. The molecule has 0 unspecified atom stereocenters. The first kappa shape index (κ1) is 35.5. The molecule has 0 radical (unpaired) electrons. The molecule has 7 nitrogen and oxygen atoms in total. The highest BCUT2D eigenvalue weighted by atomic mass is 35.5. The van der Waals surface area contributed by atoms with E-state index >= 15 is 0 Å². The van der Waals surface area contributed by atoms with Crippen molar-refractivity contribution in [3.63, 3.8) is 0 Å². The second kappa shape index (κ2) is 19.5. The van der Waals surface area contributed by atoms with Crippen molar-refractivity contribution in [3.8, 4) is 5.75 Å². The fraction of sp³-hybridized carbons (Fsp3) is 0.552. The van der Waals surface area contributed by atoms with E-state index in [1.165, 1.54) is 0 Å². The third kappa shape index (κ3) is 11.5. The number of ether oxygens (including phenoxy) is 1. The largest absolute Gasteiger partial charge is 0.495 e. The minimum absolute atomic E-state index is 0.00371. The van der Waals surface area contributed by atoms with Crippen LogP contribution in [0.5, 0.6) is 5.75 Å². The first-order valence-corrected chi connectivity index (χ1v) is 14.2. The number of nitrogens with zero attached hydrogens (tertiary/aromatic N) is 5. The normalized spacial score (nSPS) is 12.1.